The van der Waals surface area contributed by atoms with Crippen LogP contribution in [0.4, 0.5) is 5.82 Å². The van der Waals surface area contributed by atoms with Gasteiger partial charge in [-0.2, -0.15) is 0 Å². The second kappa shape index (κ2) is 11.8. The van der Waals surface area contributed by atoms with Crippen LogP contribution < -0.4 is 9.64 Å². The minimum atomic E-state index is -0.0654. The summed E-state index contributed by atoms with van der Waals surface area (Å²) in [5.74, 6) is 1.66. The third-order valence-electron chi connectivity index (χ3n) is 6.48. The molecule has 1 fully saturated rings. The van der Waals surface area contributed by atoms with Crippen LogP contribution >= 0.6 is 0 Å². The molecular weight excluding hydrogens is 438 g/mol. The van der Waals surface area contributed by atoms with Crippen molar-refractivity contribution in [1.29, 1.82) is 0 Å². The van der Waals surface area contributed by atoms with Crippen LogP contribution in [0.15, 0.2) is 60.7 Å². The third kappa shape index (κ3) is 5.98. The predicted octanol–water partition coefficient (Wildman–Crippen LogP) is 4.35. The van der Waals surface area contributed by atoms with Gasteiger partial charge in [0.25, 0.3) is 5.91 Å². The molecule has 1 aliphatic rings. The molecule has 0 aliphatic carbocycles. The van der Waals surface area contributed by atoms with Gasteiger partial charge in [0.15, 0.2) is 11.5 Å². The van der Waals surface area contributed by atoms with Gasteiger partial charge in [0.1, 0.15) is 5.75 Å². The molecule has 0 N–H and O–H groups in total. The van der Waals surface area contributed by atoms with Crippen LogP contribution in [0.3, 0.4) is 0 Å². The van der Waals surface area contributed by atoms with E-state index in [-0.39, 0.29) is 5.91 Å². The van der Waals surface area contributed by atoms with Crippen molar-refractivity contribution in [2.24, 2.45) is 0 Å². The summed E-state index contributed by atoms with van der Waals surface area (Å²) in [6.07, 6.45) is 0. The summed E-state index contributed by atoms with van der Waals surface area (Å²) in [5, 5.41) is 8.57. The van der Waals surface area contributed by atoms with Crippen molar-refractivity contribution < 1.29 is 9.53 Å². The Hall–Kier alpha value is -3.45. The third-order valence-corrected chi connectivity index (χ3v) is 6.48. The second-order valence-electron chi connectivity index (χ2n) is 8.64. The molecule has 0 saturated carbocycles. The molecule has 4 rings (SSSR count). The SMILES string of the molecule is CCOc1cccc(-c2ccccc2CN2CCN(c3ccc(C(=O)N(CC)CC)nn3)CC2)c1. The largest absolute Gasteiger partial charge is 0.494 e. The topological polar surface area (TPSA) is 61.8 Å². The Morgan fingerprint density at radius 1 is 0.914 bits per heavy atom. The lowest BCUT2D eigenvalue weighted by atomic mass is 9.99. The first-order valence-corrected chi connectivity index (χ1v) is 12.5. The average molecular weight is 474 g/mol. The molecule has 0 atom stereocenters. The molecule has 2 aromatic carbocycles. The van der Waals surface area contributed by atoms with Crippen LogP contribution in [0.1, 0.15) is 36.8 Å². The normalized spacial score (nSPS) is 14.1. The molecule has 0 radical (unpaired) electrons. The van der Waals surface area contributed by atoms with E-state index in [0.29, 0.717) is 25.4 Å². The van der Waals surface area contributed by atoms with Gasteiger partial charge in [0.2, 0.25) is 0 Å². The lowest BCUT2D eigenvalue weighted by Crippen LogP contribution is -2.46. The number of ether oxygens (including phenoxy) is 1. The number of rotatable bonds is 9. The number of carbonyl (C=O) groups is 1. The maximum Gasteiger partial charge on any atom is 0.274 e. The molecule has 0 unspecified atom stereocenters. The predicted molar refractivity (Wildman–Crippen MR) is 140 cm³/mol. The van der Waals surface area contributed by atoms with Gasteiger partial charge in [-0.25, -0.2) is 0 Å². The molecule has 184 valence electrons. The summed E-state index contributed by atoms with van der Waals surface area (Å²) < 4.78 is 5.71. The Morgan fingerprint density at radius 2 is 1.69 bits per heavy atom. The molecule has 7 heteroatoms. The number of aromatic nitrogens is 2. The Kier molecular flexibility index (Phi) is 8.32. The van der Waals surface area contributed by atoms with Gasteiger partial charge in [0, 0.05) is 45.8 Å². The Morgan fingerprint density at radius 3 is 2.37 bits per heavy atom. The molecule has 35 heavy (non-hydrogen) atoms. The van der Waals surface area contributed by atoms with Gasteiger partial charge in [-0.1, -0.05) is 36.4 Å². The van der Waals surface area contributed by atoms with Crippen LogP contribution in [0.25, 0.3) is 11.1 Å². The van der Waals surface area contributed by atoms with E-state index in [0.717, 1.165) is 44.3 Å². The molecule has 1 amide bonds. The number of anilines is 1. The van der Waals surface area contributed by atoms with Gasteiger partial charge >= 0.3 is 0 Å². The number of amides is 1. The zero-order valence-corrected chi connectivity index (χ0v) is 21.0. The maximum atomic E-state index is 12.5. The second-order valence-corrected chi connectivity index (χ2v) is 8.64. The smallest absolute Gasteiger partial charge is 0.274 e. The standard InChI is InChI=1S/C28H35N5O2/c1-4-32(5-2)28(34)26-14-15-27(30-29-26)33-18-16-31(17-19-33)21-23-10-7-8-13-25(23)22-11-9-12-24(20-22)35-6-3/h7-15,20H,4-6,16-19,21H2,1-3H3. The Bertz CT molecular complexity index is 1110. The number of hydrogen-bond donors (Lipinski definition) is 0. The summed E-state index contributed by atoms with van der Waals surface area (Å²) in [4.78, 5) is 19.0. The van der Waals surface area contributed by atoms with E-state index in [1.807, 2.05) is 32.9 Å². The number of hydrogen-bond acceptors (Lipinski definition) is 6. The highest BCUT2D eigenvalue weighted by atomic mass is 16.5. The van der Waals surface area contributed by atoms with Crippen molar-refractivity contribution in [2.45, 2.75) is 27.3 Å². The van der Waals surface area contributed by atoms with E-state index in [1.54, 1.807) is 11.0 Å². The highest BCUT2D eigenvalue weighted by Gasteiger charge is 2.21. The molecular formula is C28H35N5O2. The maximum absolute atomic E-state index is 12.5. The molecule has 3 aromatic rings. The molecule has 0 spiro atoms. The summed E-state index contributed by atoms with van der Waals surface area (Å²) in [7, 11) is 0. The van der Waals surface area contributed by atoms with Gasteiger partial charge in [-0.3, -0.25) is 9.69 Å². The van der Waals surface area contributed by atoms with Crippen molar-refractivity contribution in [3.8, 4) is 16.9 Å². The summed E-state index contributed by atoms with van der Waals surface area (Å²) in [5.41, 5.74) is 4.14. The van der Waals surface area contributed by atoms with Crippen LogP contribution in [0.2, 0.25) is 0 Å². The first-order chi connectivity index (χ1) is 17.1. The van der Waals surface area contributed by atoms with E-state index in [1.165, 1.54) is 16.7 Å². The van der Waals surface area contributed by atoms with Gasteiger partial charge in [-0.05, 0) is 61.7 Å². The van der Waals surface area contributed by atoms with E-state index >= 15 is 0 Å². The lowest BCUT2D eigenvalue weighted by molar-refractivity contribution is 0.0766. The van der Waals surface area contributed by atoms with Crippen molar-refractivity contribution in [3.05, 3.63) is 71.9 Å². The van der Waals surface area contributed by atoms with Crippen molar-refractivity contribution in [1.82, 2.24) is 20.0 Å². The zero-order valence-electron chi connectivity index (χ0n) is 21.0. The number of carbonyl (C=O) groups excluding carboxylic acids is 1. The van der Waals surface area contributed by atoms with Crippen LogP contribution in [0, 0.1) is 0 Å². The van der Waals surface area contributed by atoms with Crippen molar-refractivity contribution >= 4 is 11.7 Å². The van der Waals surface area contributed by atoms with E-state index < -0.39 is 0 Å². The molecule has 0 bridgehead atoms. The number of piperazine rings is 1. The monoisotopic (exact) mass is 473 g/mol. The van der Waals surface area contributed by atoms with E-state index in [4.69, 9.17) is 4.74 Å². The lowest BCUT2D eigenvalue weighted by Gasteiger charge is -2.35. The van der Waals surface area contributed by atoms with E-state index in [9.17, 15) is 4.79 Å². The van der Waals surface area contributed by atoms with Crippen molar-refractivity contribution in [3.63, 3.8) is 0 Å². The molecule has 1 aliphatic heterocycles. The molecule has 7 nitrogen and oxygen atoms in total. The molecule has 1 saturated heterocycles. The van der Waals surface area contributed by atoms with Crippen LogP contribution in [-0.4, -0.2) is 71.8 Å². The van der Waals surface area contributed by atoms with E-state index in [2.05, 4.69) is 62.5 Å². The molecule has 1 aromatic heterocycles. The Balaban J connectivity index is 1.38. The highest BCUT2D eigenvalue weighted by Crippen LogP contribution is 2.28. The van der Waals surface area contributed by atoms with Crippen LogP contribution in [0.5, 0.6) is 5.75 Å². The average Bonchev–Trinajstić information content (AvgIpc) is 2.90. The molecule has 2 heterocycles. The zero-order chi connectivity index (χ0) is 24.6. The fourth-order valence-electron chi connectivity index (χ4n) is 4.52. The minimum Gasteiger partial charge on any atom is -0.494 e. The Labute approximate surface area is 208 Å². The fraction of sp³-hybridized carbons (Fsp3) is 0.393. The minimum absolute atomic E-state index is 0.0654. The van der Waals surface area contributed by atoms with Gasteiger partial charge in [-0.15, -0.1) is 10.2 Å². The fourth-order valence-corrected chi connectivity index (χ4v) is 4.52. The first-order valence-electron chi connectivity index (χ1n) is 12.5. The van der Waals surface area contributed by atoms with Crippen LogP contribution in [-0.2, 0) is 6.54 Å². The van der Waals surface area contributed by atoms with Gasteiger partial charge < -0.3 is 14.5 Å². The highest BCUT2D eigenvalue weighted by molar-refractivity contribution is 5.92. The quantitative estimate of drug-likeness (QED) is 0.461. The van der Waals surface area contributed by atoms with Crippen molar-refractivity contribution in [2.75, 3.05) is 50.8 Å². The first kappa shape index (κ1) is 24.7. The van der Waals surface area contributed by atoms with Gasteiger partial charge in [0.05, 0.1) is 6.61 Å². The number of nitrogens with zero attached hydrogens (tertiary/aromatic N) is 5. The summed E-state index contributed by atoms with van der Waals surface area (Å²) in [6, 6.07) is 20.6. The summed E-state index contributed by atoms with van der Waals surface area (Å²) in [6.45, 7) is 12.5. The number of benzene rings is 2. The summed E-state index contributed by atoms with van der Waals surface area (Å²) >= 11 is 0.